The predicted molar refractivity (Wildman–Crippen MR) is 70.4 cm³/mol. The van der Waals surface area contributed by atoms with Crippen LogP contribution in [0.15, 0.2) is 70.5 Å². The topological polar surface area (TPSA) is 80.3 Å². The Bertz CT molecular complexity index is 692. The molecule has 0 aliphatic carbocycles. The fourth-order valence-electron chi connectivity index (χ4n) is 1.44. The second-order valence-corrected chi connectivity index (χ2v) is 7.34. The van der Waals surface area contributed by atoms with Gasteiger partial charge in [0.1, 0.15) is 0 Å². The van der Waals surface area contributed by atoms with Gasteiger partial charge in [-0.2, -0.15) is 0 Å². The Kier molecular flexibility index (Phi) is 5.69. The van der Waals surface area contributed by atoms with Crippen LogP contribution >= 0.6 is 0 Å². The van der Waals surface area contributed by atoms with Crippen LogP contribution in [0.4, 0.5) is 0 Å². The van der Waals surface area contributed by atoms with Crippen molar-refractivity contribution in [2.45, 2.75) is 9.79 Å². The van der Waals surface area contributed by atoms with Crippen LogP contribution in [0.25, 0.3) is 0 Å². The molecule has 0 saturated carbocycles. The fraction of sp³-hybridized carbons (Fsp3) is 0. The third-order valence-corrected chi connectivity index (χ3v) is 5.87. The van der Waals surface area contributed by atoms with Crippen LogP contribution < -0.4 is 4.13 Å². The molecule has 0 aliphatic rings. The molecule has 20 heavy (non-hydrogen) atoms. The molecule has 111 valence electrons. The molecule has 0 amide bonds. The third kappa shape index (κ3) is 4.02. The summed E-state index contributed by atoms with van der Waals surface area (Å²) in [6.45, 7) is 0. The largest absolute Gasteiger partial charge is 0.253 e. The number of nitrogens with one attached hydrogen (secondary N) is 1. The quantitative estimate of drug-likeness (QED) is 0.779. The SMILES string of the molecule is O=S(=O)(NS(=O)(=O)c1ccccc1)c1ccccc1.[Ag]. The van der Waals surface area contributed by atoms with E-state index < -0.39 is 20.0 Å². The molecule has 0 bridgehead atoms. The van der Waals surface area contributed by atoms with E-state index in [1.165, 1.54) is 48.5 Å². The molecular weight excluding hydrogens is 394 g/mol. The van der Waals surface area contributed by atoms with Gasteiger partial charge >= 0.3 is 0 Å². The van der Waals surface area contributed by atoms with E-state index in [0.717, 1.165) is 0 Å². The van der Waals surface area contributed by atoms with Crippen LogP contribution in [0, 0.1) is 0 Å². The summed E-state index contributed by atoms with van der Waals surface area (Å²) < 4.78 is 49.4. The zero-order valence-electron chi connectivity index (χ0n) is 10.0. The smallest absolute Gasteiger partial charge is 0.206 e. The minimum absolute atomic E-state index is 0. The van der Waals surface area contributed by atoms with E-state index >= 15 is 0 Å². The summed E-state index contributed by atoms with van der Waals surface area (Å²) in [6.07, 6.45) is 0. The first-order valence-electron chi connectivity index (χ1n) is 5.30. The van der Waals surface area contributed by atoms with E-state index in [2.05, 4.69) is 0 Å². The molecule has 5 nitrogen and oxygen atoms in total. The van der Waals surface area contributed by atoms with Crippen LogP contribution in [-0.4, -0.2) is 16.8 Å². The monoisotopic (exact) mass is 404 g/mol. The molecule has 2 aromatic carbocycles. The molecule has 2 aromatic rings. The fourth-order valence-corrected chi connectivity index (χ4v) is 4.40. The molecule has 0 spiro atoms. The van der Waals surface area contributed by atoms with Crippen LogP contribution in [0.3, 0.4) is 0 Å². The Morgan fingerprint density at radius 3 is 1.20 bits per heavy atom. The number of benzene rings is 2. The second-order valence-electron chi connectivity index (χ2n) is 3.72. The number of hydrogen-bond donors (Lipinski definition) is 1. The zero-order valence-corrected chi connectivity index (χ0v) is 13.1. The minimum atomic E-state index is -4.10. The Morgan fingerprint density at radius 2 is 0.900 bits per heavy atom. The molecule has 1 N–H and O–H groups in total. The maximum atomic E-state index is 11.9. The van der Waals surface area contributed by atoms with Gasteiger partial charge in [-0.3, -0.25) is 0 Å². The maximum absolute atomic E-state index is 11.9. The summed E-state index contributed by atoms with van der Waals surface area (Å²) in [5.41, 5.74) is 0. The first kappa shape index (κ1) is 17.1. The first-order chi connectivity index (χ1) is 8.92. The zero-order chi connectivity index (χ0) is 13.9. The average molecular weight is 405 g/mol. The van der Waals surface area contributed by atoms with Crippen LogP contribution in [-0.2, 0) is 42.4 Å². The van der Waals surface area contributed by atoms with E-state index in [1.54, 1.807) is 16.3 Å². The molecule has 0 aromatic heterocycles. The Morgan fingerprint density at radius 1 is 0.600 bits per heavy atom. The molecular formula is C12H11AgNO4S2. The van der Waals surface area contributed by atoms with Crippen LogP contribution in [0.5, 0.6) is 0 Å². The maximum Gasteiger partial charge on any atom is 0.253 e. The summed E-state index contributed by atoms with van der Waals surface area (Å²) in [6, 6.07) is 14.6. The van der Waals surface area contributed by atoms with Crippen molar-refractivity contribution >= 4 is 20.0 Å². The Labute approximate surface area is 133 Å². The van der Waals surface area contributed by atoms with Gasteiger partial charge in [-0.25, -0.2) is 16.8 Å². The van der Waals surface area contributed by atoms with Gasteiger partial charge in [-0.05, 0) is 24.3 Å². The summed E-state index contributed by atoms with van der Waals surface area (Å²) >= 11 is 0. The van der Waals surface area contributed by atoms with Gasteiger partial charge in [-0.15, -0.1) is 4.13 Å². The molecule has 0 atom stereocenters. The van der Waals surface area contributed by atoms with E-state index in [0.29, 0.717) is 0 Å². The molecule has 0 fully saturated rings. The molecule has 1 radical (unpaired) electrons. The van der Waals surface area contributed by atoms with Crippen molar-refractivity contribution in [1.29, 1.82) is 0 Å². The number of hydrogen-bond acceptors (Lipinski definition) is 4. The summed E-state index contributed by atoms with van der Waals surface area (Å²) in [7, 11) is -8.21. The first-order valence-corrected chi connectivity index (χ1v) is 8.27. The predicted octanol–water partition coefficient (Wildman–Crippen LogP) is 1.35. The van der Waals surface area contributed by atoms with Crippen molar-refractivity contribution in [3.8, 4) is 0 Å². The van der Waals surface area contributed by atoms with Gasteiger partial charge in [0.15, 0.2) is 0 Å². The Balaban J connectivity index is 0.00000200. The summed E-state index contributed by atoms with van der Waals surface area (Å²) in [5.74, 6) is 0. The normalized spacial score (nSPS) is 11.6. The second kappa shape index (κ2) is 6.66. The molecule has 0 heterocycles. The van der Waals surface area contributed by atoms with Crippen molar-refractivity contribution in [3.63, 3.8) is 0 Å². The van der Waals surface area contributed by atoms with Gasteiger partial charge in [0, 0.05) is 22.4 Å². The number of sulfonamides is 2. The summed E-state index contributed by atoms with van der Waals surface area (Å²) in [4.78, 5) is -0.205. The molecule has 0 aliphatic heterocycles. The van der Waals surface area contributed by atoms with Crippen LogP contribution in [0.2, 0.25) is 0 Å². The molecule has 8 heteroatoms. The third-order valence-electron chi connectivity index (χ3n) is 2.33. The minimum Gasteiger partial charge on any atom is -0.206 e. The van der Waals surface area contributed by atoms with Gasteiger partial charge in [0.25, 0.3) is 20.0 Å². The van der Waals surface area contributed by atoms with Crippen LogP contribution in [0.1, 0.15) is 0 Å². The van der Waals surface area contributed by atoms with E-state index in [-0.39, 0.29) is 32.2 Å². The van der Waals surface area contributed by atoms with E-state index in [9.17, 15) is 16.8 Å². The van der Waals surface area contributed by atoms with E-state index in [1.807, 2.05) is 0 Å². The number of rotatable bonds is 4. The average Bonchev–Trinajstić information content (AvgIpc) is 2.40. The van der Waals surface area contributed by atoms with E-state index in [4.69, 9.17) is 0 Å². The molecule has 0 saturated heterocycles. The van der Waals surface area contributed by atoms with Crippen molar-refractivity contribution in [3.05, 3.63) is 60.7 Å². The standard InChI is InChI=1S/C12H11NO4S2.Ag/c14-18(15,11-7-3-1-4-8-11)13-19(16,17)12-9-5-2-6-10-12;/h1-10,13H;. The van der Waals surface area contributed by atoms with Gasteiger partial charge in [0.2, 0.25) is 0 Å². The molecule has 2 rings (SSSR count). The summed E-state index contributed by atoms with van der Waals surface area (Å²) in [5, 5.41) is 0. The Hall–Kier alpha value is -0.960. The van der Waals surface area contributed by atoms with Crippen molar-refractivity contribution in [1.82, 2.24) is 4.13 Å². The van der Waals surface area contributed by atoms with Crippen molar-refractivity contribution < 1.29 is 39.2 Å². The molecule has 0 unspecified atom stereocenters. The van der Waals surface area contributed by atoms with Gasteiger partial charge < -0.3 is 0 Å². The van der Waals surface area contributed by atoms with Gasteiger partial charge in [0.05, 0.1) is 9.79 Å². The van der Waals surface area contributed by atoms with Crippen molar-refractivity contribution in [2.75, 3.05) is 0 Å². The van der Waals surface area contributed by atoms with Crippen molar-refractivity contribution in [2.24, 2.45) is 0 Å². The van der Waals surface area contributed by atoms with Gasteiger partial charge in [-0.1, -0.05) is 36.4 Å².